The quantitative estimate of drug-likeness (QED) is 0.354. The van der Waals surface area contributed by atoms with Crippen molar-refractivity contribution >= 4 is 0 Å². The van der Waals surface area contributed by atoms with Crippen LogP contribution in [0.1, 0.15) is 0 Å². The summed E-state index contributed by atoms with van der Waals surface area (Å²) in [5, 5.41) is 36.0. The third-order valence-electron chi connectivity index (χ3n) is 0. The first kappa shape index (κ1) is 38.5. The van der Waals surface area contributed by atoms with Crippen molar-refractivity contribution in [3.05, 3.63) is 51.0 Å². The van der Waals surface area contributed by atoms with Crippen molar-refractivity contribution in [2.45, 2.75) is 0 Å². The van der Waals surface area contributed by atoms with Crippen LogP contribution in [0.15, 0.2) is 21.4 Å². The van der Waals surface area contributed by atoms with Crippen molar-refractivity contribution in [3.8, 4) is 0 Å². The summed E-state index contributed by atoms with van der Waals surface area (Å²) >= 11 is 0. The summed E-state index contributed by atoms with van der Waals surface area (Å²) in [5.74, 6) is 0. The molecule has 0 atom stereocenters. The van der Waals surface area contributed by atoms with Gasteiger partial charge in [-0.1, -0.05) is 0 Å². The molecule has 0 heterocycles. The smallest absolute Gasteiger partial charge is 0 e. The standard InChI is InChI=1S/4HNO2.NO.Ru/c4*2-1-3;1-2;/h4*(H,2,3);;/q;;;;-1;/p-4. The monoisotopic (exact) mass is 316 g/mol. The van der Waals surface area contributed by atoms with Gasteiger partial charge in [0.2, 0.25) is 0 Å². The largest absolute Gasteiger partial charge is 0.577 e. The number of rotatable bonds is 0. The van der Waals surface area contributed by atoms with Crippen LogP contribution >= 0.6 is 0 Å². The molecule has 15 heteroatoms. The number of hydrogen-bond acceptors (Lipinski definition) is 13. The molecular formula is N5O9Ru-5. The van der Waals surface area contributed by atoms with Gasteiger partial charge in [0.15, 0.2) is 0 Å². The summed E-state index contributed by atoms with van der Waals surface area (Å²) < 4.78 is 0. The predicted molar refractivity (Wildman–Crippen MR) is 43.4 cm³/mol. The Bertz CT molecular complexity index is 82.7. The van der Waals surface area contributed by atoms with Crippen LogP contribution < -0.4 is 0 Å². The molecule has 0 rings (SSSR count). The Morgan fingerprint density at radius 3 is 0.600 bits per heavy atom. The van der Waals surface area contributed by atoms with E-state index in [4.69, 9.17) is 51.0 Å². The maximum absolute atomic E-state index is 8.00. The summed E-state index contributed by atoms with van der Waals surface area (Å²) in [6.07, 6.45) is 0. The molecule has 0 spiro atoms. The van der Waals surface area contributed by atoms with E-state index in [0.717, 1.165) is 21.4 Å². The van der Waals surface area contributed by atoms with Crippen LogP contribution in [0.3, 0.4) is 0 Å². The van der Waals surface area contributed by atoms with E-state index in [1.165, 1.54) is 0 Å². The van der Waals surface area contributed by atoms with E-state index in [2.05, 4.69) is 0 Å². The number of hydrogen-bond donors (Lipinski definition) is 0. The first-order valence-corrected chi connectivity index (χ1v) is 1.64. The van der Waals surface area contributed by atoms with Gasteiger partial charge in [0.1, 0.15) is 0 Å². The van der Waals surface area contributed by atoms with Crippen LogP contribution in [0, 0.1) is 45.4 Å². The van der Waals surface area contributed by atoms with E-state index in [-0.39, 0.29) is 19.5 Å². The van der Waals surface area contributed by atoms with E-state index in [9.17, 15) is 0 Å². The fraction of sp³-hybridized carbons (Fsp3) is 0. The summed E-state index contributed by atoms with van der Waals surface area (Å²) in [5.41, 5.74) is 5.75. The van der Waals surface area contributed by atoms with Gasteiger partial charge in [0.05, 0.1) is 0 Å². The van der Waals surface area contributed by atoms with Gasteiger partial charge < -0.3 is 51.0 Å². The Morgan fingerprint density at radius 1 is 0.600 bits per heavy atom. The van der Waals surface area contributed by atoms with E-state index >= 15 is 0 Å². The zero-order valence-corrected chi connectivity index (χ0v) is 8.00. The Balaban J connectivity index is -0.0000000167. The van der Waals surface area contributed by atoms with E-state index < -0.39 is 0 Å². The van der Waals surface area contributed by atoms with Crippen molar-refractivity contribution in [1.29, 1.82) is 0 Å². The number of nitrogens with zero attached hydrogens (tertiary/aromatic N) is 5. The molecule has 0 aliphatic carbocycles. The molecule has 14 nitrogen and oxygen atoms in total. The topological polar surface area (TPSA) is 249 Å². The van der Waals surface area contributed by atoms with E-state index in [1.807, 2.05) is 0 Å². The molecule has 0 amide bonds. The van der Waals surface area contributed by atoms with E-state index in [0.29, 0.717) is 0 Å². The summed E-state index contributed by atoms with van der Waals surface area (Å²) in [7, 11) is 0. The minimum atomic E-state index is 0. The van der Waals surface area contributed by atoms with Crippen molar-refractivity contribution in [2.75, 3.05) is 0 Å². The summed E-state index contributed by atoms with van der Waals surface area (Å²) in [6.45, 7) is 0. The summed E-state index contributed by atoms with van der Waals surface area (Å²) in [6, 6.07) is 0. The van der Waals surface area contributed by atoms with Crippen LogP contribution in [0.25, 0.3) is 5.59 Å². The molecule has 0 aromatic carbocycles. The van der Waals surface area contributed by atoms with Crippen molar-refractivity contribution in [3.63, 3.8) is 0 Å². The molecule has 0 bridgehead atoms. The maximum atomic E-state index is 8.00. The molecule has 0 radical (unpaired) electrons. The van der Waals surface area contributed by atoms with Crippen LogP contribution in [0.4, 0.5) is 0 Å². The molecule has 15 heavy (non-hydrogen) atoms. The minimum absolute atomic E-state index is 0. The predicted octanol–water partition coefficient (Wildman–Crippen LogP) is 1.32. The van der Waals surface area contributed by atoms with Gasteiger partial charge in [0, 0.05) is 19.5 Å². The fourth-order valence-electron chi connectivity index (χ4n) is 0. The molecule has 0 saturated carbocycles. The van der Waals surface area contributed by atoms with Crippen LogP contribution in [0.5, 0.6) is 0 Å². The second kappa shape index (κ2) is 417. The zero-order chi connectivity index (χ0) is 12.8. The van der Waals surface area contributed by atoms with Gasteiger partial charge in [-0.2, -0.15) is 0 Å². The minimum Gasteiger partial charge on any atom is -0.577 e. The van der Waals surface area contributed by atoms with Gasteiger partial charge in [-0.05, 0) is 0 Å². The SMILES string of the molecule is O=N[O-].O=N[O-].O=N[O-].O=N[O-].[N-]=O.[Ru]. The Morgan fingerprint density at radius 2 is 0.600 bits per heavy atom. The average Bonchev–Trinajstić information content (AvgIpc) is 2.12. The second-order valence-electron chi connectivity index (χ2n) is 0.298. The number of nitroso groups, excluding NO2 is 1. The van der Waals surface area contributed by atoms with Crippen LogP contribution in [-0.4, -0.2) is 0 Å². The normalized spacial score (nSPS) is 3.47. The Hall–Kier alpha value is -2.18. The van der Waals surface area contributed by atoms with E-state index in [1.54, 1.807) is 0 Å². The van der Waals surface area contributed by atoms with Gasteiger partial charge in [0.25, 0.3) is 0 Å². The molecule has 0 unspecified atom stereocenters. The molecular weight excluding hydrogens is 315 g/mol. The molecule has 0 fully saturated rings. The zero-order valence-electron chi connectivity index (χ0n) is 6.26. The van der Waals surface area contributed by atoms with Gasteiger partial charge >= 0.3 is 0 Å². The first-order valence-electron chi connectivity index (χ1n) is 1.64. The van der Waals surface area contributed by atoms with Gasteiger partial charge in [-0.15, -0.1) is 21.4 Å². The van der Waals surface area contributed by atoms with Crippen molar-refractivity contribution in [2.24, 2.45) is 21.4 Å². The maximum Gasteiger partial charge on any atom is 0 e. The van der Waals surface area contributed by atoms with Crippen molar-refractivity contribution < 1.29 is 19.5 Å². The van der Waals surface area contributed by atoms with Gasteiger partial charge in [-0.3, -0.25) is 0 Å². The molecule has 0 aliphatic rings. The first-order chi connectivity index (χ1) is 6.66. The molecule has 0 saturated heterocycles. The molecule has 92 valence electrons. The average molecular weight is 315 g/mol. The molecule has 0 aromatic heterocycles. The Labute approximate surface area is 92.5 Å². The summed E-state index contributed by atoms with van der Waals surface area (Å²) in [4.78, 5) is 39.2. The third-order valence-corrected chi connectivity index (χ3v) is 0. The van der Waals surface area contributed by atoms with Gasteiger partial charge in [-0.25, -0.2) is 0 Å². The third kappa shape index (κ3) is 241. The Kier molecular flexibility index (Phi) is 1070. The second-order valence-corrected chi connectivity index (χ2v) is 0.298. The van der Waals surface area contributed by atoms with Crippen LogP contribution in [0.2, 0.25) is 0 Å². The molecule has 0 aliphatic heterocycles. The van der Waals surface area contributed by atoms with Crippen LogP contribution in [-0.2, 0) is 19.5 Å². The fourth-order valence-corrected chi connectivity index (χ4v) is 0. The molecule has 0 N–H and O–H groups in total. The molecule has 0 aromatic rings. The van der Waals surface area contributed by atoms with Crippen molar-refractivity contribution in [1.82, 2.24) is 0 Å².